The summed E-state index contributed by atoms with van der Waals surface area (Å²) in [6, 6.07) is 0. The number of nitrogens with two attached hydrogens (primary N) is 1. The van der Waals surface area contributed by atoms with Crippen molar-refractivity contribution in [3.63, 3.8) is 0 Å². The third-order valence-electron chi connectivity index (χ3n) is 3.83. The Labute approximate surface area is 163 Å². The van der Waals surface area contributed by atoms with Crippen LogP contribution in [0.25, 0.3) is 0 Å². The van der Waals surface area contributed by atoms with Crippen LogP contribution in [0.2, 0.25) is 0 Å². The predicted molar refractivity (Wildman–Crippen MR) is 107 cm³/mol. The van der Waals surface area contributed by atoms with Crippen LogP contribution in [-0.2, 0) is 16.9 Å². The molecule has 2 rings (SSSR count). The molecular formula is C17H27N7O2S. The number of hydrogen-bond acceptors (Lipinski definition) is 6. The number of thioether (sulfide) groups is 1. The number of carbonyl (C=O) groups is 1. The molecule has 0 bridgehead atoms. The molecule has 2 aromatic rings. The van der Waals surface area contributed by atoms with Crippen LogP contribution < -0.4 is 5.73 Å². The van der Waals surface area contributed by atoms with Crippen molar-refractivity contribution in [1.29, 1.82) is 0 Å². The van der Waals surface area contributed by atoms with E-state index in [-0.39, 0.29) is 5.96 Å². The topological polar surface area (TPSA) is 125 Å². The predicted octanol–water partition coefficient (Wildman–Crippen LogP) is 2.08. The zero-order chi connectivity index (χ0) is 19.5. The van der Waals surface area contributed by atoms with E-state index in [9.17, 15) is 4.79 Å². The number of H-pyrrole nitrogens is 2. The SMILES string of the molecule is CCOC(=O)N(CCSCc1nc[nH]c1C)C(N)=NCCCc1cnc[nH]1. The van der Waals surface area contributed by atoms with Crippen molar-refractivity contribution in [2.75, 3.05) is 25.4 Å². The lowest BCUT2D eigenvalue weighted by Gasteiger charge is -2.20. The zero-order valence-corrected chi connectivity index (χ0v) is 16.6. The fourth-order valence-corrected chi connectivity index (χ4v) is 3.27. The van der Waals surface area contributed by atoms with Crippen molar-refractivity contribution in [1.82, 2.24) is 24.8 Å². The largest absolute Gasteiger partial charge is 0.449 e. The second-order valence-corrected chi connectivity index (χ2v) is 6.90. The van der Waals surface area contributed by atoms with Crippen molar-refractivity contribution in [2.24, 2.45) is 10.7 Å². The van der Waals surface area contributed by atoms with Crippen LogP contribution in [0, 0.1) is 6.92 Å². The fourth-order valence-electron chi connectivity index (χ4n) is 2.33. The van der Waals surface area contributed by atoms with Gasteiger partial charge in [-0.25, -0.2) is 19.7 Å². The third kappa shape index (κ3) is 6.97. The van der Waals surface area contributed by atoms with E-state index in [0.717, 1.165) is 35.7 Å². The molecule has 9 nitrogen and oxygen atoms in total. The number of aromatic amines is 2. The summed E-state index contributed by atoms with van der Waals surface area (Å²) in [5.74, 6) is 1.66. The van der Waals surface area contributed by atoms with Crippen LogP contribution in [-0.4, -0.2) is 62.3 Å². The van der Waals surface area contributed by atoms with Gasteiger partial charge in [0, 0.05) is 42.2 Å². The molecule has 0 aromatic carbocycles. The molecule has 10 heteroatoms. The Morgan fingerprint density at radius 3 is 2.93 bits per heavy atom. The molecular weight excluding hydrogens is 366 g/mol. The highest BCUT2D eigenvalue weighted by Crippen LogP contribution is 2.13. The quantitative estimate of drug-likeness (QED) is 0.322. The number of aryl methyl sites for hydroxylation is 2. The minimum absolute atomic E-state index is 0.189. The maximum absolute atomic E-state index is 12.2. The lowest BCUT2D eigenvalue weighted by atomic mass is 10.2. The molecule has 4 N–H and O–H groups in total. The number of ether oxygens (including phenoxy) is 1. The fraction of sp³-hybridized carbons (Fsp3) is 0.529. The van der Waals surface area contributed by atoms with E-state index in [4.69, 9.17) is 10.5 Å². The highest BCUT2D eigenvalue weighted by Gasteiger charge is 2.18. The summed E-state index contributed by atoms with van der Waals surface area (Å²) < 4.78 is 5.10. The normalized spacial score (nSPS) is 11.6. The number of aliphatic imine (C=N–C) groups is 1. The highest BCUT2D eigenvalue weighted by molar-refractivity contribution is 7.98. The molecule has 0 aliphatic heterocycles. The molecule has 27 heavy (non-hydrogen) atoms. The van der Waals surface area contributed by atoms with Crippen LogP contribution in [0.5, 0.6) is 0 Å². The molecule has 0 radical (unpaired) electrons. The zero-order valence-electron chi connectivity index (χ0n) is 15.8. The minimum atomic E-state index is -0.469. The first-order valence-corrected chi connectivity index (χ1v) is 10.0. The summed E-state index contributed by atoms with van der Waals surface area (Å²) in [6.45, 7) is 5.01. The van der Waals surface area contributed by atoms with Gasteiger partial charge in [0.1, 0.15) is 0 Å². The first-order chi connectivity index (χ1) is 13.1. The van der Waals surface area contributed by atoms with E-state index in [1.165, 1.54) is 4.90 Å². The lowest BCUT2D eigenvalue weighted by molar-refractivity contribution is 0.129. The molecule has 0 unspecified atom stereocenters. The Hall–Kier alpha value is -2.49. The Balaban J connectivity index is 1.81. The molecule has 0 spiro atoms. The molecule has 0 fully saturated rings. The van der Waals surface area contributed by atoms with E-state index in [1.54, 1.807) is 37.5 Å². The van der Waals surface area contributed by atoms with E-state index in [1.807, 2.05) is 6.92 Å². The number of amides is 1. The number of imidazole rings is 2. The van der Waals surface area contributed by atoms with Gasteiger partial charge in [-0.3, -0.25) is 4.99 Å². The summed E-state index contributed by atoms with van der Waals surface area (Å²) >= 11 is 1.68. The molecule has 0 saturated carbocycles. The third-order valence-corrected chi connectivity index (χ3v) is 4.78. The van der Waals surface area contributed by atoms with E-state index in [0.29, 0.717) is 25.4 Å². The Kier molecular flexibility index (Phi) is 8.69. The standard InChI is InChI=1S/C17H27N7O2S/c1-3-26-17(25)24(7-8-27-10-15-13(2)21-12-23-15)16(18)20-6-4-5-14-9-19-11-22-14/h9,11-12H,3-8,10H2,1-2H3,(H2,18,20)(H,19,22)(H,21,23). The van der Waals surface area contributed by atoms with Crippen molar-refractivity contribution >= 4 is 23.8 Å². The van der Waals surface area contributed by atoms with Crippen LogP contribution in [0.4, 0.5) is 4.79 Å². The molecule has 0 aliphatic rings. The molecule has 0 atom stereocenters. The summed E-state index contributed by atoms with van der Waals surface area (Å²) in [7, 11) is 0. The maximum Gasteiger partial charge on any atom is 0.416 e. The van der Waals surface area contributed by atoms with Gasteiger partial charge in [-0.2, -0.15) is 11.8 Å². The number of nitrogens with zero attached hydrogens (tertiary/aromatic N) is 4. The monoisotopic (exact) mass is 393 g/mol. The maximum atomic E-state index is 12.2. The van der Waals surface area contributed by atoms with Crippen LogP contribution in [0.15, 0.2) is 23.8 Å². The van der Waals surface area contributed by atoms with Crippen molar-refractivity contribution in [3.05, 3.63) is 35.9 Å². The number of aromatic nitrogens is 4. The number of nitrogens with one attached hydrogen (secondary N) is 2. The Morgan fingerprint density at radius 1 is 1.41 bits per heavy atom. The average Bonchev–Trinajstić information content (AvgIpc) is 3.30. The summed E-state index contributed by atoms with van der Waals surface area (Å²) in [5, 5.41) is 0. The Morgan fingerprint density at radius 2 is 2.26 bits per heavy atom. The van der Waals surface area contributed by atoms with E-state index >= 15 is 0 Å². The van der Waals surface area contributed by atoms with Gasteiger partial charge in [-0.05, 0) is 26.7 Å². The smallest absolute Gasteiger partial charge is 0.416 e. The minimum Gasteiger partial charge on any atom is -0.449 e. The van der Waals surface area contributed by atoms with Gasteiger partial charge in [-0.1, -0.05) is 0 Å². The number of carbonyl (C=O) groups excluding carboxylic acids is 1. The van der Waals surface area contributed by atoms with Gasteiger partial charge in [0.05, 0.1) is 25.0 Å². The molecule has 2 heterocycles. The second-order valence-electron chi connectivity index (χ2n) is 5.80. The van der Waals surface area contributed by atoms with Gasteiger partial charge in [0.2, 0.25) is 5.96 Å². The molecule has 1 amide bonds. The van der Waals surface area contributed by atoms with Crippen LogP contribution in [0.3, 0.4) is 0 Å². The van der Waals surface area contributed by atoms with E-state index in [2.05, 4.69) is 24.9 Å². The average molecular weight is 394 g/mol. The summed E-state index contributed by atoms with van der Waals surface area (Å²) in [6.07, 6.45) is 6.29. The molecule has 148 valence electrons. The Bertz CT molecular complexity index is 715. The van der Waals surface area contributed by atoms with Gasteiger partial charge < -0.3 is 20.4 Å². The van der Waals surface area contributed by atoms with Gasteiger partial charge in [0.15, 0.2) is 0 Å². The number of rotatable bonds is 10. The van der Waals surface area contributed by atoms with Gasteiger partial charge in [0.25, 0.3) is 0 Å². The summed E-state index contributed by atoms with van der Waals surface area (Å²) in [5.41, 5.74) is 9.16. The van der Waals surface area contributed by atoms with Crippen LogP contribution >= 0.6 is 11.8 Å². The van der Waals surface area contributed by atoms with Crippen LogP contribution in [0.1, 0.15) is 30.4 Å². The molecule has 0 saturated heterocycles. The van der Waals surface area contributed by atoms with Gasteiger partial charge >= 0.3 is 6.09 Å². The van der Waals surface area contributed by atoms with E-state index < -0.39 is 6.09 Å². The number of hydrogen-bond donors (Lipinski definition) is 3. The highest BCUT2D eigenvalue weighted by atomic mass is 32.2. The van der Waals surface area contributed by atoms with Crippen molar-refractivity contribution in [3.8, 4) is 0 Å². The molecule has 0 aliphatic carbocycles. The lowest BCUT2D eigenvalue weighted by Crippen LogP contribution is -2.43. The van der Waals surface area contributed by atoms with Crippen molar-refractivity contribution in [2.45, 2.75) is 32.4 Å². The second kappa shape index (κ2) is 11.3. The number of guanidine groups is 1. The van der Waals surface area contributed by atoms with Gasteiger partial charge in [-0.15, -0.1) is 0 Å². The molecule has 2 aromatic heterocycles. The first kappa shape index (κ1) is 20.8. The van der Waals surface area contributed by atoms with Crippen molar-refractivity contribution < 1.29 is 9.53 Å². The first-order valence-electron chi connectivity index (χ1n) is 8.89. The summed E-state index contributed by atoms with van der Waals surface area (Å²) in [4.78, 5) is 32.3.